The zero-order valence-electron chi connectivity index (χ0n) is 14.4. The SMILES string of the molecule is COC(=O)OC1/C=C/C(OC(=O)SC)CCC(OC(C)(C)C)C1. The van der Waals surface area contributed by atoms with Gasteiger partial charge in [-0.25, -0.2) is 9.59 Å². The van der Waals surface area contributed by atoms with Crippen molar-refractivity contribution >= 4 is 23.2 Å². The molecule has 0 radical (unpaired) electrons. The fraction of sp³-hybridized carbons (Fsp3) is 0.750. The van der Waals surface area contributed by atoms with E-state index in [1.54, 1.807) is 18.4 Å². The Morgan fingerprint density at radius 2 is 1.74 bits per heavy atom. The molecule has 7 heteroatoms. The van der Waals surface area contributed by atoms with Gasteiger partial charge in [0.05, 0.1) is 18.8 Å². The molecule has 0 N–H and O–H groups in total. The predicted octanol–water partition coefficient (Wildman–Crippen LogP) is 3.93. The summed E-state index contributed by atoms with van der Waals surface area (Å²) >= 11 is 1.02. The molecular formula is C16H26O6S. The third-order valence-electron chi connectivity index (χ3n) is 3.16. The molecule has 3 atom stereocenters. The van der Waals surface area contributed by atoms with Crippen LogP contribution in [0.15, 0.2) is 12.2 Å². The number of carbonyl (C=O) groups is 2. The standard InChI is InChI=1S/C16H26O6S/c1-16(2,3)22-13-9-7-11(21-15(18)23-5)6-8-12(10-13)20-14(17)19-4/h6,8,11-13H,7,9-10H2,1-5H3/b8-6+. The Balaban J connectivity index is 2.81. The molecule has 0 aromatic rings. The van der Waals surface area contributed by atoms with E-state index in [-0.39, 0.29) is 23.1 Å². The first-order valence-electron chi connectivity index (χ1n) is 7.59. The van der Waals surface area contributed by atoms with Crippen LogP contribution in [0.25, 0.3) is 0 Å². The average Bonchev–Trinajstić information content (AvgIpc) is 2.45. The smallest absolute Gasteiger partial charge is 0.450 e. The Bertz CT molecular complexity index is 429. The van der Waals surface area contributed by atoms with E-state index >= 15 is 0 Å². The molecule has 3 unspecified atom stereocenters. The summed E-state index contributed by atoms with van der Waals surface area (Å²) in [4.78, 5) is 22.8. The first kappa shape index (κ1) is 19.8. The quantitative estimate of drug-likeness (QED) is 0.566. The van der Waals surface area contributed by atoms with E-state index in [2.05, 4.69) is 4.74 Å². The van der Waals surface area contributed by atoms with Crippen molar-refractivity contribution in [2.75, 3.05) is 13.4 Å². The number of hydrogen-bond acceptors (Lipinski definition) is 7. The molecule has 0 aromatic heterocycles. The van der Waals surface area contributed by atoms with Gasteiger partial charge in [0, 0.05) is 6.42 Å². The zero-order valence-corrected chi connectivity index (χ0v) is 15.2. The van der Waals surface area contributed by atoms with E-state index in [0.29, 0.717) is 19.3 Å². The first-order chi connectivity index (χ1) is 10.7. The third kappa shape index (κ3) is 8.27. The van der Waals surface area contributed by atoms with Crippen LogP contribution in [0.3, 0.4) is 0 Å². The van der Waals surface area contributed by atoms with E-state index < -0.39 is 12.3 Å². The maximum Gasteiger partial charge on any atom is 0.508 e. The molecule has 0 aromatic carbocycles. The second-order valence-corrected chi connectivity index (χ2v) is 7.01. The van der Waals surface area contributed by atoms with Crippen molar-refractivity contribution in [3.8, 4) is 0 Å². The fourth-order valence-corrected chi connectivity index (χ4v) is 2.51. The molecule has 0 aliphatic heterocycles. The van der Waals surface area contributed by atoms with Crippen LogP contribution in [0, 0.1) is 0 Å². The van der Waals surface area contributed by atoms with Crippen LogP contribution in [0.2, 0.25) is 0 Å². The van der Waals surface area contributed by atoms with E-state index in [4.69, 9.17) is 14.2 Å². The Labute approximate surface area is 141 Å². The van der Waals surface area contributed by atoms with Gasteiger partial charge in [-0.2, -0.15) is 0 Å². The largest absolute Gasteiger partial charge is 0.508 e. The van der Waals surface area contributed by atoms with Crippen LogP contribution >= 0.6 is 11.8 Å². The fourth-order valence-electron chi connectivity index (χ4n) is 2.29. The maximum atomic E-state index is 11.5. The van der Waals surface area contributed by atoms with Crippen molar-refractivity contribution in [2.45, 2.75) is 63.9 Å². The zero-order chi connectivity index (χ0) is 17.5. The van der Waals surface area contributed by atoms with Gasteiger partial charge in [-0.05, 0) is 63.8 Å². The molecule has 132 valence electrons. The van der Waals surface area contributed by atoms with Gasteiger partial charge in [0.15, 0.2) is 0 Å². The number of methoxy groups -OCH3 is 1. The normalized spacial score (nSPS) is 26.6. The van der Waals surface area contributed by atoms with Gasteiger partial charge in [0.25, 0.3) is 0 Å². The first-order valence-corrected chi connectivity index (χ1v) is 8.81. The molecule has 6 nitrogen and oxygen atoms in total. The molecule has 0 saturated carbocycles. The Kier molecular flexibility index (Phi) is 7.91. The second kappa shape index (κ2) is 9.17. The molecular weight excluding hydrogens is 320 g/mol. The molecule has 0 amide bonds. The lowest BCUT2D eigenvalue weighted by Crippen LogP contribution is -2.33. The number of ether oxygens (including phenoxy) is 4. The molecule has 1 aliphatic carbocycles. The summed E-state index contributed by atoms with van der Waals surface area (Å²) in [7, 11) is 1.27. The average molecular weight is 346 g/mol. The molecule has 0 spiro atoms. The third-order valence-corrected chi connectivity index (χ3v) is 3.59. The summed E-state index contributed by atoms with van der Waals surface area (Å²) in [6, 6.07) is 0. The van der Waals surface area contributed by atoms with Crippen LogP contribution < -0.4 is 0 Å². The van der Waals surface area contributed by atoms with Gasteiger partial charge in [-0.1, -0.05) is 0 Å². The minimum Gasteiger partial charge on any atom is -0.450 e. The van der Waals surface area contributed by atoms with Crippen molar-refractivity contribution in [2.24, 2.45) is 0 Å². The van der Waals surface area contributed by atoms with Crippen molar-refractivity contribution in [3.63, 3.8) is 0 Å². The van der Waals surface area contributed by atoms with Crippen molar-refractivity contribution in [3.05, 3.63) is 12.2 Å². The van der Waals surface area contributed by atoms with Crippen LogP contribution in [-0.2, 0) is 18.9 Å². The summed E-state index contributed by atoms with van der Waals surface area (Å²) in [5.41, 5.74) is -0.311. The van der Waals surface area contributed by atoms with Crippen molar-refractivity contribution in [1.82, 2.24) is 0 Å². The Hall–Kier alpha value is -1.21. The molecule has 0 heterocycles. The predicted molar refractivity (Wildman–Crippen MR) is 88.7 cm³/mol. The lowest BCUT2D eigenvalue weighted by atomic mass is 9.98. The summed E-state index contributed by atoms with van der Waals surface area (Å²) < 4.78 is 21.1. The molecule has 0 bridgehead atoms. The minimum absolute atomic E-state index is 0.106. The highest BCUT2D eigenvalue weighted by atomic mass is 32.2. The van der Waals surface area contributed by atoms with Crippen molar-refractivity contribution < 1.29 is 28.5 Å². The van der Waals surface area contributed by atoms with E-state index in [0.717, 1.165) is 11.8 Å². The maximum absolute atomic E-state index is 11.5. The number of hydrogen-bond donors (Lipinski definition) is 0. The highest BCUT2D eigenvalue weighted by Gasteiger charge is 2.27. The van der Waals surface area contributed by atoms with E-state index in [1.807, 2.05) is 20.8 Å². The molecule has 23 heavy (non-hydrogen) atoms. The summed E-state index contributed by atoms with van der Waals surface area (Å²) in [5, 5.41) is -0.334. The molecule has 1 rings (SSSR count). The monoisotopic (exact) mass is 346 g/mol. The van der Waals surface area contributed by atoms with E-state index in [9.17, 15) is 9.59 Å². The summed E-state index contributed by atoms with van der Waals surface area (Å²) in [6.07, 6.45) is 5.37. The minimum atomic E-state index is -0.743. The highest BCUT2D eigenvalue weighted by Crippen LogP contribution is 2.24. The van der Waals surface area contributed by atoms with Crippen LogP contribution in [0.1, 0.15) is 40.0 Å². The second-order valence-electron chi connectivity index (χ2n) is 6.27. The lowest BCUT2D eigenvalue weighted by molar-refractivity contribution is -0.0827. The Morgan fingerprint density at radius 1 is 1.09 bits per heavy atom. The number of thioether (sulfide) groups is 1. The van der Waals surface area contributed by atoms with Gasteiger partial charge in [-0.15, -0.1) is 0 Å². The van der Waals surface area contributed by atoms with E-state index in [1.165, 1.54) is 7.11 Å². The number of rotatable bonds is 3. The van der Waals surface area contributed by atoms with Crippen LogP contribution in [0.5, 0.6) is 0 Å². The highest BCUT2D eigenvalue weighted by molar-refractivity contribution is 8.12. The van der Waals surface area contributed by atoms with Gasteiger partial charge in [0.1, 0.15) is 12.2 Å². The Morgan fingerprint density at radius 3 is 2.30 bits per heavy atom. The van der Waals surface area contributed by atoms with Gasteiger partial charge < -0.3 is 18.9 Å². The van der Waals surface area contributed by atoms with Gasteiger partial charge >= 0.3 is 11.5 Å². The lowest BCUT2D eigenvalue weighted by Gasteiger charge is -2.31. The summed E-state index contributed by atoms with van der Waals surface area (Å²) in [5.74, 6) is 0. The van der Waals surface area contributed by atoms with Crippen LogP contribution in [-0.4, -0.2) is 48.7 Å². The molecule has 1 aliphatic rings. The number of carbonyl (C=O) groups excluding carboxylic acids is 2. The van der Waals surface area contributed by atoms with Gasteiger partial charge in [-0.3, -0.25) is 0 Å². The molecule has 0 fully saturated rings. The van der Waals surface area contributed by atoms with Crippen molar-refractivity contribution in [1.29, 1.82) is 0 Å². The van der Waals surface area contributed by atoms with Gasteiger partial charge in [0.2, 0.25) is 0 Å². The summed E-state index contributed by atoms with van der Waals surface area (Å²) in [6.45, 7) is 5.93. The topological polar surface area (TPSA) is 71.1 Å². The van der Waals surface area contributed by atoms with Crippen LogP contribution in [0.4, 0.5) is 9.59 Å². The molecule has 0 saturated heterocycles.